The topological polar surface area (TPSA) is 9.23 Å². The molecule has 1 aliphatic carbocycles. The molecule has 1 nitrogen and oxygen atoms in total. The fraction of sp³-hybridized carbons (Fsp3) is 0.520. The van der Waals surface area contributed by atoms with Gasteiger partial charge in [0.05, 0.1) is 7.11 Å². The minimum absolute atomic E-state index is 0.173. The molecule has 0 radical (unpaired) electrons. The van der Waals surface area contributed by atoms with Gasteiger partial charge in [-0.3, -0.25) is 0 Å². The van der Waals surface area contributed by atoms with Crippen LogP contribution in [0.2, 0.25) is 0 Å². The molecule has 29 heavy (non-hydrogen) atoms. The van der Waals surface area contributed by atoms with E-state index in [9.17, 15) is 13.2 Å². The second-order valence-electron chi connectivity index (χ2n) is 8.54. The predicted octanol–water partition coefficient (Wildman–Crippen LogP) is 7.56. The van der Waals surface area contributed by atoms with Crippen LogP contribution in [0.3, 0.4) is 0 Å². The summed E-state index contributed by atoms with van der Waals surface area (Å²) in [5.41, 5.74) is 1.30. The van der Waals surface area contributed by atoms with Gasteiger partial charge in [0.1, 0.15) is 5.82 Å². The first-order valence-electron chi connectivity index (χ1n) is 10.7. The molecule has 158 valence electrons. The van der Waals surface area contributed by atoms with Gasteiger partial charge in [0.2, 0.25) is 0 Å². The summed E-state index contributed by atoms with van der Waals surface area (Å²) < 4.78 is 47.4. The lowest BCUT2D eigenvalue weighted by atomic mass is 9.73. The zero-order valence-corrected chi connectivity index (χ0v) is 17.6. The standard InChI is InChI=1S/C25H31F3O/c1-4-5-17-6-9-19(10-7-17)16(2)12-18-8-11-21(22(26)13-18)20-14-23(27)25(29-3)24(28)15-20/h8,11,13-17,19H,4-7,9-10,12H2,1-3H3. The molecule has 0 N–H and O–H groups in total. The lowest BCUT2D eigenvalue weighted by molar-refractivity contribution is 0.206. The second kappa shape index (κ2) is 9.69. The van der Waals surface area contributed by atoms with E-state index in [1.807, 2.05) is 6.07 Å². The molecule has 1 fully saturated rings. The van der Waals surface area contributed by atoms with Gasteiger partial charge in [0, 0.05) is 5.56 Å². The molecule has 1 saturated carbocycles. The van der Waals surface area contributed by atoms with Crippen LogP contribution in [-0.4, -0.2) is 7.11 Å². The Hall–Kier alpha value is -1.97. The van der Waals surface area contributed by atoms with Gasteiger partial charge in [-0.2, -0.15) is 0 Å². The smallest absolute Gasteiger partial charge is 0.190 e. The van der Waals surface area contributed by atoms with E-state index in [4.69, 9.17) is 4.74 Å². The molecule has 2 aromatic rings. The van der Waals surface area contributed by atoms with E-state index >= 15 is 0 Å². The summed E-state index contributed by atoms with van der Waals surface area (Å²) in [5, 5.41) is 0. The monoisotopic (exact) mass is 404 g/mol. The number of benzene rings is 2. The number of hydrogen-bond donors (Lipinski definition) is 0. The van der Waals surface area contributed by atoms with E-state index in [1.165, 1.54) is 51.7 Å². The van der Waals surface area contributed by atoms with Crippen molar-refractivity contribution >= 4 is 0 Å². The molecule has 2 aromatic carbocycles. The summed E-state index contributed by atoms with van der Waals surface area (Å²) in [6.07, 6.45) is 8.56. The zero-order valence-electron chi connectivity index (χ0n) is 17.6. The Morgan fingerprint density at radius 1 is 0.966 bits per heavy atom. The normalized spacial score (nSPS) is 20.5. The Labute approximate surface area is 172 Å². The first-order chi connectivity index (χ1) is 13.9. The van der Waals surface area contributed by atoms with Gasteiger partial charge < -0.3 is 4.74 Å². The maximum atomic E-state index is 14.7. The van der Waals surface area contributed by atoms with Gasteiger partial charge in [-0.1, -0.05) is 51.7 Å². The molecule has 0 amide bonds. The van der Waals surface area contributed by atoms with E-state index < -0.39 is 23.2 Å². The Balaban J connectivity index is 1.68. The molecule has 0 saturated heterocycles. The van der Waals surface area contributed by atoms with Crippen LogP contribution >= 0.6 is 0 Å². The highest BCUT2D eigenvalue weighted by Crippen LogP contribution is 2.37. The molecule has 0 bridgehead atoms. The average molecular weight is 405 g/mol. The largest absolute Gasteiger partial charge is 0.491 e. The van der Waals surface area contributed by atoms with E-state index in [0.717, 1.165) is 30.0 Å². The molecule has 3 rings (SSSR count). The van der Waals surface area contributed by atoms with Gasteiger partial charge in [-0.15, -0.1) is 0 Å². The van der Waals surface area contributed by atoms with Crippen LogP contribution in [0.5, 0.6) is 5.75 Å². The minimum atomic E-state index is -0.835. The molecule has 1 aliphatic rings. The van der Waals surface area contributed by atoms with Crippen LogP contribution in [-0.2, 0) is 6.42 Å². The van der Waals surface area contributed by atoms with Gasteiger partial charge in [-0.25, -0.2) is 13.2 Å². The highest BCUT2D eigenvalue weighted by Gasteiger charge is 2.25. The molecule has 0 aliphatic heterocycles. The maximum Gasteiger partial charge on any atom is 0.190 e. The first kappa shape index (κ1) is 21.7. The molecule has 0 aromatic heterocycles. The third-order valence-corrected chi connectivity index (χ3v) is 6.50. The summed E-state index contributed by atoms with van der Waals surface area (Å²) in [6.45, 7) is 4.51. The van der Waals surface area contributed by atoms with E-state index in [-0.39, 0.29) is 11.1 Å². The summed E-state index contributed by atoms with van der Waals surface area (Å²) in [5.74, 6) is -0.505. The van der Waals surface area contributed by atoms with Crippen LogP contribution in [0.1, 0.15) is 57.9 Å². The summed E-state index contributed by atoms with van der Waals surface area (Å²) in [4.78, 5) is 0. The summed E-state index contributed by atoms with van der Waals surface area (Å²) in [7, 11) is 1.20. The lowest BCUT2D eigenvalue weighted by Crippen LogP contribution is -2.21. The SMILES string of the molecule is CCCC1CCC(C(C)Cc2ccc(-c3cc(F)c(OC)c(F)c3)c(F)c2)CC1. The Morgan fingerprint density at radius 2 is 1.62 bits per heavy atom. The van der Waals surface area contributed by atoms with Crippen LogP contribution in [0.25, 0.3) is 11.1 Å². The number of halogens is 3. The summed E-state index contributed by atoms with van der Waals surface area (Å²) in [6, 6.07) is 7.22. The third kappa shape index (κ3) is 5.15. The van der Waals surface area contributed by atoms with Crippen molar-refractivity contribution in [2.24, 2.45) is 17.8 Å². The number of hydrogen-bond acceptors (Lipinski definition) is 1. The summed E-state index contributed by atoms with van der Waals surface area (Å²) >= 11 is 0. The van der Waals surface area contributed by atoms with E-state index in [2.05, 4.69) is 13.8 Å². The van der Waals surface area contributed by atoms with E-state index in [0.29, 0.717) is 11.8 Å². The van der Waals surface area contributed by atoms with Crippen LogP contribution in [0.15, 0.2) is 30.3 Å². The highest BCUT2D eigenvalue weighted by molar-refractivity contribution is 5.65. The molecule has 0 spiro atoms. The van der Waals surface area contributed by atoms with Crippen molar-refractivity contribution in [1.82, 2.24) is 0 Å². The molecule has 1 unspecified atom stereocenters. The van der Waals surface area contributed by atoms with Crippen molar-refractivity contribution in [2.75, 3.05) is 7.11 Å². The molecule has 0 heterocycles. The van der Waals surface area contributed by atoms with Crippen molar-refractivity contribution in [3.05, 3.63) is 53.3 Å². The fourth-order valence-corrected chi connectivity index (χ4v) is 4.82. The Bertz CT molecular complexity index is 802. The minimum Gasteiger partial charge on any atom is -0.491 e. The second-order valence-corrected chi connectivity index (χ2v) is 8.54. The number of methoxy groups -OCH3 is 1. The number of ether oxygens (including phenoxy) is 1. The van der Waals surface area contributed by atoms with Crippen molar-refractivity contribution in [1.29, 1.82) is 0 Å². The highest BCUT2D eigenvalue weighted by atomic mass is 19.1. The zero-order chi connectivity index (χ0) is 21.0. The van der Waals surface area contributed by atoms with E-state index in [1.54, 1.807) is 6.07 Å². The fourth-order valence-electron chi connectivity index (χ4n) is 4.82. The van der Waals surface area contributed by atoms with Gasteiger partial charge >= 0.3 is 0 Å². The average Bonchev–Trinajstić information content (AvgIpc) is 2.68. The molecule has 4 heteroatoms. The van der Waals surface area contributed by atoms with Crippen LogP contribution < -0.4 is 4.74 Å². The van der Waals surface area contributed by atoms with Gasteiger partial charge in [-0.05, 0) is 66.3 Å². The van der Waals surface area contributed by atoms with Gasteiger partial charge in [0.25, 0.3) is 0 Å². The number of rotatable bonds is 7. The first-order valence-corrected chi connectivity index (χ1v) is 10.7. The quantitative estimate of drug-likeness (QED) is 0.462. The Kier molecular flexibility index (Phi) is 7.26. The molecular formula is C25H31F3O. The third-order valence-electron chi connectivity index (χ3n) is 6.50. The van der Waals surface area contributed by atoms with Crippen LogP contribution in [0, 0.1) is 35.2 Å². The predicted molar refractivity (Wildman–Crippen MR) is 112 cm³/mol. The van der Waals surface area contributed by atoms with Crippen molar-refractivity contribution in [3.63, 3.8) is 0 Å². The Morgan fingerprint density at radius 3 is 2.17 bits per heavy atom. The van der Waals surface area contributed by atoms with Crippen molar-refractivity contribution < 1.29 is 17.9 Å². The molecule has 1 atom stereocenters. The van der Waals surface area contributed by atoms with Crippen molar-refractivity contribution in [3.8, 4) is 16.9 Å². The lowest BCUT2D eigenvalue weighted by Gasteiger charge is -2.32. The van der Waals surface area contributed by atoms with Gasteiger partial charge in [0.15, 0.2) is 17.4 Å². The van der Waals surface area contributed by atoms with Crippen LogP contribution in [0.4, 0.5) is 13.2 Å². The maximum absolute atomic E-state index is 14.7. The molecular weight excluding hydrogens is 373 g/mol. The van der Waals surface area contributed by atoms with Crippen molar-refractivity contribution in [2.45, 2.75) is 58.8 Å².